The summed E-state index contributed by atoms with van der Waals surface area (Å²) in [5.41, 5.74) is 1.28. The molecule has 3 aromatic rings. The average Bonchev–Trinajstić information content (AvgIpc) is 2.75. The monoisotopic (exact) mass is 440 g/mol. The third kappa shape index (κ3) is 5.84. The van der Waals surface area contributed by atoms with E-state index < -0.39 is 22.0 Å². The van der Waals surface area contributed by atoms with Gasteiger partial charge in [-0.05, 0) is 67.9 Å². The van der Waals surface area contributed by atoms with Crippen molar-refractivity contribution in [3.05, 3.63) is 78.4 Å². The minimum atomic E-state index is -3.96. The summed E-state index contributed by atoms with van der Waals surface area (Å²) in [5.74, 6) is 1.03. The summed E-state index contributed by atoms with van der Waals surface area (Å²) in [6.07, 6.45) is 0. The largest absolute Gasteiger partial charge is 0.495 e. The standard InChI is InChI=1S/C23H24N2O5S/c1-16-9-14-21(29-3)22(15-16)31(27,28)25-17(2)23(26)24-18-10-12-20(13-11-18)30-19-7-5-4-6-8-19/h4-15,17,25H,1-3H3,(H,24,26)/t17-/m1/s1. The predicted molar refractivity (Wildman–Crippen MR) is 119 cm³/mol. The van der Waals surface area contributed by atoms with Crippen LogP contribution in [0, 0.1) is 6.92 Å². The van der Waals surface area contributed by atoms with Crippen LogP contribution in [0.5, 0.6) is 17.2 Å². The summed E-state index contributed by atoms with van der Waals surface area (Å²) < 4.78 is 38.8. The molecule has 0 heterocycles. The van der Waals surface area contributed by atoms with Crippen molar-refractivity contribution >= 4 is 21.6 Å². The number of rotatable bonds is 8. The van der Waals surface area contributed by atoms with E-state index >= 15 is 0 Å². The Morgan fingerprint density at radius 1 is 0.935 bits per heavy atom. The lowest BCUT2D eigenvalue weighted by molar-refractivity contribution is -0.117. The summed E-state index contributed by atoms with van der Waals surface area (Å²) >= 11 is 0. The number of benzene rings is 3. The Hall–Kier alpha value is -3.36. The highest BCUT2D eigenvalue weighted by atomic mass is 32.2. The first kappa shape index (κ1) is 22.3. The zero-order valence-electron chi connectivity index (χ0n) is 17.5. The molecule has 0 radical (unpaired) electrons. The smallest absolute Gasteiger partial charge is 0.244 e. The normalized spacial score (nSPS) is 12.1. The molecule has 0 aromatic heterocycles. The number of aryl methyl sites for hydroxylation is 1. The first-order valence-corrected chi connectivity index (χ1v) is 11.1. The highest BCUT2D eigenvalue weighted by molar-refractivity contribution is 7.89. The van der Waals surface area contributed by atoms with Crippen molar-refractivity contribution in [2.24, 2.45) is 0 Å². The maximum absolute atomic E-state index is 12.8. The van der Waals surface area contributed by atoms with E-state index in [1.807, 2.05) is 30.3 Å². The van der Waals surface area contributed by atoms with Gasteiger partial charge in [0, 0.05) is 5.69 Å². The van der Waals surface area contributed by atoms with Gasteiger partial charge in [-0.3, -0.25) is 4.79 Å². The summed E-state index contributed by atoms with van der Waals surface area (Å²) in [7, 11) is -2.57. The number of methoxy groups -OCH3 is 1. The molecule has 0 aliphatic heterocycles. The van der Waals surface area contributed by atoms with E-state index in [1.165, 1.54) is 20.1 Å². The van der Waals surface area contributed by atoms with Gasteiger partial charge in [-0.15, -0.1) is 0 Å². The number of para-hydroxylation sites is 1. The zero-order chi connectivity index (χ0) is 22.4. The number of anilines is 1. The Bertz CT molecular complexity index is 1150. The molecule has 0 saturated carbocycles. The van der Waals surface area contributed by atoms with Crippen molar-refractivity contribution in [2.45, 2.75) is 24.8 Å². The van der Waals surface area contributed by atoms with Crippen LogP contribution >= 0.6 is 0 Å². The van der Waals surface area contributed by atoms with Crippen molar-refractivity contribution in [3.8, 4) is 17.2 Å². The fourth-order valence-electron chi connectivity index (χ4n) is 2.83. The van der Waals surface area contributed by atoms with E-state index in [4.69, 9.17) is 9.47 Å². The maximum Gasteiger partial charge on any atom is 0.244 e. The quantitative estimate of drug-likeness (QED) is 0.550. The number of amides is 1. The minimum Gasteiger partial charge on any atom is -0.495 e. The molecule has 0 aliphatic carbocycles. The van der Waals surface area contributed by atoms with Gasteiger partial charge in [0.1, 0.15) is 22.1 Å². The first-order chi connectivity index (χ1) is 14.8. The van der Waals surface area contributed by atoms with Gasteiger partial charge in [0.2, 0.25) is 15.9 Å². The Morgan fingerprint density at radius 3 is 2.23 bits per heavy atom. The Kier molecular flexibility index (Phi) is 6.94. The summed E-state index contributed by atoms with van der Waals surface area (Å²) in [6.45, 7) is 3.25. The van der Waals surface area contributed by atoms with Crippen LogP contribution in [0.15, 0.2) is 77.7 Å². The van der Waals surface area contributed by atoms with Crippen LogP contribution in [0.4, 0.5) is 5.69 Å². The number of carbonyl (C=O) groups excluding carboxylic acids is 1. The van der Waals surface area contributed by atoms with Crippen LogP contribution in [0.25, 0.3) is 0 Å². The van der Waals surface area contributed by atoms with E-state index in [2.05, 4.69) is 10.0 Å². The Morgan fingerprint density at radius 2 is 1.58 bits per heavy atom. The van der Waals surface area contributed by atoms with Crippen molar-refractivity contribution in [3.63, 3.8) is 0 Å². The Labute approximate surface area is 182 Å². The van der Waals surface area contributed by atoms with Gasteiger partial charge in [-0.25, -0.2) is 8.42 Å². The lowest BCUT2D eigenvalue weighted by atomic mass is 10.2. The van der Waals surface area contributed by atoms with Crippen LogP contribution in [-0.2, 0) is 14.8 Å². The van der Waals surface area contributed by atoms with Crippen molar-refractivity contribution in [2.75, 3.05) is 12.4 Å². The second-order valence-corrected chi connectivity index (χ2v) is 8.61. The molecule has 0 bridgehead atoms. The van der Waals surface area contributed by atoms with Gasteiger partial charge >= 0.3 is 0 Å². The van der Waals surface area contributed by atoms with Gasteiger partial charge in [0.05, 0.1) is 13.2 Å². The van der Waals surface area contributed by atoms with Gasteiger partial charge in [-0.1, -0.05) is 24.3 Å². The van der Waals surface area contributed by atoms with Crippen LogP contribution in [0.1, 0.15) is 12.5 Å². The molecular formula is C23H24N2O5S. The van der Waals surface area contributed by atoms with Gasteiger partial charge in [0.15, 0.2) is 0 Å². The Balaban J connectivity index is 1.64. The van der Waals surface area contributed by atoms with Crippen molar-refractivity contribution < 1.29 is 22.7 Å². The molecule has 0 aliphatic rings. The van der Waals surface area contributed by atoms with Gasteiger partial charge in [0.25, 0.3) is 0 Å². The number of hydrogen-bond acceptors (Lipinski definition) is 5. The van der Waals surface area contributed by atoms with Crippen LogP contribution < -0.4 is 19.5 Å². The molecule has 31 heavy (non-hydrogen) atoms. The predicted octanol–water partition coefficient (Wildman–Crippen LogP) is 4.10. The lowest BCUT2D eigenvalue weighted by Gasteiger charge is -2.16. The fraction of sp³-hybridized carbons (Fsp3) is 0.174. The molecule has 0 fully saturated rings. The summed E-state index contributed by atoms with van der Waals surface area (Å²) in [4.78, 5) is 12.5. The van der Waals surface area contributed by atoms with Gasteiger partial charge < -0.3 is 14.8 Å². The van der Waals surface area contributed by atoms with Crippen LogP contribution in [0.2, 0.25) is 0 Å². The number of hydrogen-bond donors (Lipinski definition) is 2. The molecule has 162 valence electrons. The SMILES string of the molecule is COc1ccc(C)cc1S(=O)(=O)N[C@H](C)C(=O)Nc1ccc(Oc2ccccc2)cc1. The molecule has 0 saturated heterocycles. The molecule has 7 nitrogen and oxygen atoms in total. The molecular weight excluding hydrogens is 416 g/mol. The summed E-state index contributed by atoms with van der Waals surface area (Å²) in [5, 5.41) is 2.69. The second-order valence-electron chi connectivity index (χ2n) is 6.93. The van der Waals surface area contributed by atoms with E-state index in [1.54, 1.807) is 43.3 Å². The van der Waals surface area contributed by atoms with Gasteiger partial charge in [-0.2, -0.15) is 4.72 Å². The average molecular weight is 441 g/mol. The van der Waals surface area contributed by atoms with E-state index in [0.29, 0.717) is 17.2 Å². The first-order valence-electron chi connectivity index (χ1n) is 9.59. The molecule has 0 unspecified atom stereocenters. The van der Waals surface area contributed by atoms with Crippen LogP contribution in [0.3, 0.4) is 0 Å². The number of sulfonamides is 1. The minimum absolute atomic E-state index is 0.0166. The molecule has 1 atom stereocenters. The molecule has 0 spiro atoms. The zero-order valence-corrected chi connectivity index (χ0v) is 18.3. The molecule has 2 N–H and O–H groups in total. The molecule has 3 aromatic carbocycles. The number of ether oxygens (including phenoxy) is 2. The highest BCUT2D eigenvalue weighted by Crippen LogP contribution is 2.25. The molecule has 8 heteroatoms. The molecule has 3 rings (SSSR count). The number of nitrogens with one attached hydrogen (secondary N) is 2. The van der Waals surface area contributed by atoms with Crippen molar-refractivity contribution in [1.29, 1.82) is 0 Å². The van der Waals surface area contributed by atoms with E-state index in [-0.39, 0.29) is 10.6 Å². The maximum atomic E-state index is 12.8. The molecule has 1 amide bonds. The summed E-state index contributed by atoms with van der Waals surface area (Å²) in [6, 6.07) is 19.9. The fourth-order valence-corrected chi connectivity index (χ4v) is 4.28. The topological polar surface area (TPSA) is 93.7 Å². The van der Waals surface area contributed by atoms with E-state index in [0.717, 1.165) is 5.56 Å². The lowest BCUT2D eigenvalue weighted by Crippen LogP contribution is -2.41. The van der Waals surface area contributed by atoms with Crippen LogP contribution in [-0.4, -0.2) is 27.5 Å². The third-order valence-corrected chi connectivity index (χ3v) is 6.00. The third-order valence-electron chi connectivity index (χ3n) is 4.43. The van der Waals surface area contributed by atoms with Crippen molar-refractivity contribution in [1.82, 2.24) is 4.72 Å². The second kappa shape index (κ2) is 9.63. The number of carbonyl (C=O) groups is 1. The highest BCUT2D eigenvalue weighted by Gasteiger charge is 2.25. The van der Waals surface area contributed by atoms with E-state index in [9.17, 15) is 13.2 Å².